The van der Waals surface area contributed by atoms with Crippen molar-refractivity contribution in [1.29, 1.82) is 0 Å². The molecule has 3 aromatic rings. The second-order valence-corrected chi connectivity index (χ2v) is 8.97. The molecule has 1 atom stereocenters. The van der Waals surface area contributed by atoms with E-state index in [4.69, 9.17) is 0 Å². The number of hydrogen-bond acceptors (Lipinski definition) is 4. The first-order valence-corrected chi connectivity index (χ1v) is 10.4. The topological polar surface area (TPSA) is 70.7 Å². The Morgan fingerprint density at radius 1 is 1.31 bits per heavy atom. The van der Waals surface area contributed by atoms with Crippen LogP contribution in [0.25, 0.3) is 5.65 Å². The molecule has 150 valence electrons. The molecule has 1 saturated carbocycles. The lowest BCUT2D eigenvalue weighted by Crippen LogP contribution is -2.28. The minimum atomic E-state index is -1.10. The fourth-order valence-electron chi connectivity index (χ4n) is 4.54. The molecule has 29 heavy (non-hydrogen) atoms. The van der Waals surface area contributed by atoms with E-state index in [1.54, 1.807) is 4.52 Å². The van der Waals surface area contributed by atoms with Crippen molar-refractivity contribution in [1.82, 2.24) is 14.6 Å². The molecule has 2 aromatic heterocycles. The first kappa shape index (κ1) is 18.2. The number of carbonyl (C=O) groups is 1. The van der Waals surface area contributed by atoms with Crippen molar-refractivity contribution in [3.63, 3.8) is 0 Å². The van der Waals surface area contributed by atoms with Crippen molar-refractivity contribution in [3.05, 3.63) is 59.0 Å². The normalized spacial score (nSPS) is 21.8. The molecule has 6 nitrogen and oxygen atoms in total. The van der Waals surface area contributed by atoms with E-state index in [1.807, 2.05) is 13.1 Å². The van der Waals surface area contributed by atoms with Gasteiger partial charge in [0.1, 0.15) is 0 Å². The number of aromatic nitrogens is 3. The average molecular weight is 390 g/mol. The Bertz CT molecular complexity index is 1100. The number of benzene rings is 1. The van der Waals surface area contributed by atoms with Gasteiger partial charge in [0.05, 0.1) is 11.9 Å². The van der Waals surface area contributed by atoms with E-state index in [2.05, 4.69) is 52.2 Å². The van der Waals surface area contributed by atoms with Crippen LogP contribution in [0.2, 0.25) is 0 Å². The third-order valence-corrected chi connectivity index (χ3v) is 6.48. The van der Waals surface area contributed by atoms with Crippen molar-refractivity contribution in [2.45, 2.75) is 44.9 Å². The summed E-state index contributed by atoms with van der Waals surface area (Å²) in [5, 5.41) is 13.3. The Morgan fingerprint density at radius 3 is 2.90 bits per heavy atom. The lowest BCUT2D eigenvalue weighted by Gasteiger charge is -2.27. The van der Waals surface area contributed by atoms with E-state index in [1.165, 1.54) is 30.4 Å². The van der Waals surface area contributed by atoms with Crippen LogP contribution in [0.4, 0.5) is 5.69 Å². The predicted octanol–water partition coefficient (Wildman–Crippen LogP) is 3.86. The average Bonchev–Trinajstić information content (AvgIpc) is 3.24. The smallest absolute Gasteiger partial charge is 0.375 e. The summed E-state index contributed by atoms with van der Waals surface area (Å²) in [5.74, 6) is -0.371. The lowest BCUT2D eigenvalue weighted by molar-refractivity contribution is 0.0684. The number of pyridine rings is 1. The van der Waals surface area contributed by atoms with E-state index in [0.717, 1.165) is 36.7 Å². The molecule has 1 aromatic carbocycles. The summed E-state index contributed by atoms with van der Waals surface area (Å²) in [4.78, 5) is 17.7. The number of aromatic carboxylic acids is 1. The highest BCUT2D eigenvalue weighted by Gasteiger charge is 2.36. The summed E-state index contributed by atoms with van der Waals surface area (Å²) in [6.07, 6.45) is 6.96. The number of hydrogen-bond donors (Lipinski definition) is 1. The van der Waals surface area contributed by atoms with Gasteiger partial charge < -0.3 is 10.0 Å². The summed E-state index contributed by atoms with van der Waals surface area (Å²) in [5.41, 5.74) is 5.59. The molecule has 1 saturated heterocycles. The number of carboxylic acids is 1. The Morgan fingerprint density at radius 2 is 2.14 bits per heavy atom. The van der Waals surface area contributed by atoms with Gasteiger partial charge in [-0.05, 0) is 61.3 Å². The van der Waals surface area contributed by atoms with Crippen LogP contribution in [0.3, 0.4) is 0 Å². The SMILES string of the molecule is Cc1cc(N2CC[C@](C)(c3cccc(CC4CC4)c3)C2)cn2nc(C(=O)O)nc12. The van der Waals surface area contributed by atoms with Gasteiger partial charge >= 0.3 is 5.97 Å². The second kappa shape index (κ2) is 6.58. The summed E-state index contributed by atoms with van der Waals surface area (Å²) in [7, 11) is 0. The van der Waals surface area contributed by atoms with Crippen LogP contribution >= 0.6 is 0 Å². The van der Waals surface area contributed by atoms with Crippen molar-refractivity contribution >= 4 is 17.3 Å². The third-order valence-electron chi connectivity index (χ3n) is 6.48. The quantitative estimate of drug-likeness (QED) is 0.716. The highest BCUT2D eigenvalue weighted by Crippen LogP contribution is 2.38. The highest BCUT2D eigenvalue weighted by atomic mass is 16.4. The zero-order chi connectivity index (χ0) is 20.2. The Balaban J connectivity index is 1.41. The summed E-state index contributed by atoms with van der Waals surface area (Å²) in [6, 6.07) is 11.2. The molecule has 1 aliphatic carbocycles. The van der Waals surface area contributed by atoms with E-state index < -0.39 is 5.97 Å². The fraction of sp³-hybridized carbons (Fsp3) is 0.435. The summed E-state index contributed by atoms with van der Waals surface area (Å²) >= 11 is 0. The minimum Gasteiger partial charge on any atom is -0.475 e. The standard InChI is InChI=1S/C23H26N4O2/c1-15-10-19(13-27-21(15)24-20(25-27)22(28)29)26-9-8-23(2,14-26)18-5-3-4-17(12-18)11-16-6-7-16/h3-5,10,12-13,16H,6-9,11,14H2,1-2H3,(H,28,29)/t23-/m0/s1. The van der Waals surface area contributed by atoms with Crippen LogP contribution < -0.4 is 4.90 Å². The highest BCUT2D eigenvalue weighted by molar-refractivity contribution is 5.84. The maximum Gasteiger partial charge on any atom is 0.375 e. The number of rotatable bonds is 5. The number of fused-ring (bicyclic) bond motifs is 1. The Labute approximate surface area is 170 Å². The van der Waals surface area contributed by atoms with Crippen LogP contribution in [0.1, 0.15) is 53.5 Å². The molecule has 5 rings (SSSR count). The molecule has 0 amide bonds. The number of anilines is 1. The number of nitrogens with zero attached hydrogens (tertiary/aromatic N) is 4. The van der Waals surface area contributed by atoms with Crippen molar-refractivity contribution < 1.29 is 9.90 Å². The van der Waals surface area contributed by atoms with Crippen LogP contribution in [-0.4, -0.2) is 38.8 Å². The molecule has 2 fully saturated rings. The molecule has 1 aliphatic heterocycles. The van der Waals surface area contributed by atoms with E-state index in [0.29, 0.717) is 5.65 Å². The van der Waals surface area contributed by atoms with Gasteiger partial charge in [-0.25, -0.2) is 14.3 Å². The molecule has 0 radical (unpaired) electrons. The molecule has 6 heteroatoms. The van der Waals surface area contributed by atoms with Crippen molar-refractivity contribution in [2.24, 2.45) is 5.92 Å². The van der Waals surface area contributed by atoms with Gasteiger partial charge in [-0.1, -0.05) is 31.2 Å². The maximum atomic E-state index is 11.2. The van der Waals surface area contributed by atoms with Gasteiger partial charge in [0.2, 0.25) is 0 Å². The molecular weight excluding hydrogens is 364 g/mol. The maximum absolute atomic E-state index is 11.2. The first-order chi connectivity index (χ1) is 13.9. The van der Waals surface area contributed by atoms with Crippen molar-refractivity contribution in [2.75, 3.05) is 18.0 Å². The van der Waals surface area contributed by atoms with Gasteiger partial charge in [-0.2, -0.15) is 0 Å². The molecule has 2 aliphatic rings. The van der Waals surface area contributed by atoms with Crippen LogP contribution in [0.5, 0.6) is 0 Å². The molecule has 1 N–H and O–H groups in total. The van der Waals surface area contributed by atoms with Gasteiger partial charge in [0.25, 0.3) is 5.82 Å². The first-order valence-electron chi connectivity index (χ1n) is 10.4. The van der Waals surface area contributed by atoms with Crippen LogP contribution in [0.15, 0.2) is 36.5 Å². The summed E-state index contributed by atoms with van der Waals surface area (Å²) < 4.78 is 1.60. The zero-order valence-corrected chi connectivity index (χ0v) is 16.9. The summed E-state index contributed by atoms with van der Waals surface area (Å²) in [6.45, 7) is 6.21. The van der Waals surface area contributed by atoms with Gasteiger partial charge in [0, 0.05) is 18.5 Å². The van der Waals surface area contributed by atoms with E-state index >= 15 is 0 Å². The molecule has 0 spiro atoms. The van der Waals surface area contributed by atoms with Gasteiger partial charge in [-0.15, -0.1) is 5.10 Å². The second-order valence-electron chi connectivity index (χ2n) is 8.97. The fourth-order valence-corrected chi connectivity index (χ4v) is 4.54. The number of aryl methyl sites for hydroxylation is 1. The largest absolute Gasteiger partial charge is 0.475 e. The molecular formula is C23H26N4O2. The zero-order valence-electron chi connectivity index (χ0n) is 16.9. The third kappa shape index (κ3) is 3.37. The van der Waals surface area contributed by atoms with Gasteiger partial charge in [-0.3, -0.25) is 0 Å². The van der Waals surface area contributed by atoms with E-state index in [-0.39, 0.29) is 11.2 Å². The lowest BCUT2D eigenvalue weighted by atomic mass is 9.81. The van der Waals surface area contributed by atoms with Gasteiger partial charge in [0.15, 0.2) is 5.65 Å². The van der Waals surface area contributed by atoms with Crippen LogP contribution in [-0.2, 0) is 11.8 Å². The molecule has 0 unspecified atom stereocenters. The Kier molecular flexibility index (Phi) is 4.12. The Hall–Kier alpha value is -2.89. The van der Waals surface area contributed by atoms with Crippen molar-refractivity contribution in [3.8, 4) is 0 Å². The van der Waals surface area contributed by atoms with E-state index in [9.17, 15) is 9.90 Å². The van der Waals surface area contributed by atoms with Crippen LogP contribution in [0, 0.1) is 12.8 Å². The molecule has 3 heterocycles. The monoisotopic (exact) mass is 390 g/mol. The molecule has 0 bridgehead atoms. The predicted molar refractivity (Wildman–Crippen MR) is 112 cm³/mol. The number of carboxylic acid groups (broad SMARTS) is 1. The minimum absolute atomic E-state index is 0.108.